The highest BCUT2D eigenvalue weighted by Gasteiger charge is 2.12. The van der Waals surface area contributed by atoms with Crippen LogP contribution in [0.4, 0.5) is 0 Å². The largest absolute Gasteiger partial charge is 0.253 e. The van der Waals surface area contributed by atoms with E-state index in [-0.39, 0.29) is 0 Å². The Kier molecular flexibility index (Phi) is 4.78. The van der Waals surface area contributed by atoms with E-state index >= 15 is 0 Å². The van der Waals surface area contributed by atoms with Gasteiger partial charge in [0.1, 0.15) is 12.2 Å². The van der Waals surface area contributed by atoms with Crippen LogP contribution in [-0.2, 0) is 19.9 Å². The van der Waals surface area contributed by atoms with Crippen LogP contribution >= 0.6 is 27.5 Å². The van der Waals surface area contributed by atoms with E-state index in [0.717, 1.165) is 29.0 Å². The van der Waals surface area contributed by atoms with E-state index < -0.39 is 0 Å². The maximum absolute atomic E-state index is 5.89. The first-order chi connectivity index (χ1) is 8.69. The second kappa shape index (κ2) is 6.34. The van der Waals surface area contributed by atoms with Crippen LogP contribution in [0.2, 0.25) is 5.02 Å². The molecule has 1 aromatic heterocycles. The minimum Gasteiger partial charge on any atom is -0.253 e. The van der Waals surface area contributed by atoms with Crippen LogP contribution in [-0.4, -0.2) is 20.1 Å². The molecule has 0 radical (unpaired) electrons. The quantitative estimate of drug-likeness (QED) is 0.789. The molecule has 0 N–H and O–H groups in total. The van der Waals surface area contributed by atoms with Crippen molar-refractivity contribution >= 4 is 27.5 Å². The number of aryl methyl sites for hydroxylation is 1. The number of benzene rings is 1. The zero-order chi connectivity index (χ0) is 13.0. The fraction of sp³-hybridized carbons (Fsp3) is 0.385. The second-order valence-electron chi connectivity index (χ2n) is 4.35. The van der Waals surface area contributed by atoms with Crippen LogP contribution in [0.5, 0.6) is 0 Å². The standard InChI is InChI=1S/C13H15BrClN3/c1-18-13(16-9-17-18)7-11(8-14)6-10-2-4-12(15)5-3-10/h2-5,9,11H,6-8H2,1H3. The Morgan fingerprint density at radius 2 is 2.00 bits per heavy atom. The highest BCUT2D eigenvalue weighted by Crippen LogP contribution is 2.17. The molecule has 1 aromatic carbocycles. The SMILES string of the molecule is Cn1ncnc1CC(CBr)Cc1ccc(Cl)cc1. The third-order valence-electron chi connectivity index (χ3n) is 2.93. The van der Waals surface area contributed by atoms with Crippen molar-refractivity contribution in [3.8, 4) is 0 Å². The molecule has 5 heteroatoms. The molecule has 0 saturated carbocycles. The average Bonchev–Trinajstić information content (AvgIpc) is 2.77. The molecule has 0 fully saturated rings. The fourth-order valence-electron chi connectivity index (χ4n) is 1.90. The summed E-state index contributed by atoms with van der Waals surface area (Å²) < 4.78 is 1.83. The summed E-state index contributed by atoms with van der Waals surface area (Å²) in [5.41, 5.74) is 1.30. The molecule has 1 heterocycles. The minimum absolute atomic E-state index is 0.508. The summed E-state index contributed by atoms with van der Waals surface area (Å²) in [4.78, 5) is 4.27. The van der Waals surface area contributed by atoms with E-state index in [9.17, 15) is 0 Å². The molecule has 0 aliphatic rings. The normalized spacial score (nSPS) is 12.6. The van der Waals surface area contributed by atoms with Gasteiger partial charge in [-0.2, -0.15) is 5.10 Å². The molecule has 96 valence electrons. The van der Waals surface area contributed by atoms with Gasteiger partial charge in [0.05, 0.1) is 0 Å². The Bertz CT molecular complexity index is 495. The molecule has 18 heavy (non-hydrogen) atoms. The number of nitrogens with zero attached hydrogens (tertiary/aromatic N) is 3. The first-order valence-electron chi connectivity index (χ1n) is 5.82. The second-order valence-corrected chi connectivity index (χ2v) is 5.44. The van der Waals surface area contributed by atoms with Gasteiger partial charge < -0.3 is 0 Å². The predicted molar refractivity (Wildman–Crippen MR) is 77.1 cm³/mol. The Morgan fingerprint density at radius 3 is 2.56 bits per heavy atom. The van der Waals surface area contributed by atoms with Gasteiger partial charge in [0.15, 0.2) is 0 Å². The molecular formula is C13H15BrClN3. The molecule has 0 amide bonds. The lowest BCUT2D eigenvalue weighted by molar-refractivity contribution is 0.548. The Labute approximate surface area is 120 Å². The van der Waals surface area contributed by atoms with Gasteiger partial charge in [-0.15, -0.1) is 0 Å². The molecule has 1 unspecified atom stereocenters. The Hall–Kier alpha value is -0.870. The summed E-state index contributed by atoms with van der Waals surface area (Å²) in [5, 5.41) is 5.82. The van der Waals surface area contributed by atoms with Gasteiger partial charge >= 0.3 is 0 Å². The van der Waals surface area contributed by atoms with Gasteiger partial charge in [-0.1, -0.05) is 39.7 Å². The van der Waals surface area contributed by atoms with Crippen molar-refractivity contribution in [1.82, 2.24) is 14.8 Å². The lowest BCUT2D eigenvalue weighted by Gasteiger charge is -2.13. The maximum Gasteiger partial charge on any atom is 0.138 e. The van der Waals surface area contributed by atoms with Crippen molar-refractivity contribution in [2.75, 3.05) is 5.33 Å². The molecule has 0 bridgehead atoms. The van der Waals surface area contributed by atoms with E-state index in [1.807, 2.05) is 23.9 Å². The zero-order valence-corrected chi connectivity index (χ0v) is 12.5. The number of hydrogen-bond acceptors (Lipinski definition) is 2. The zero-order valence-electron chi connectivity index (χ0n) is 10.2. The highest BCUT2D eigenvalue weighted by molar-refractivity contribution is 9.09. The third kappa shape index (κ3) is 3.56. The van der Waals surface area contributed by atoms with E-state index in [4.69, 9.17) is 11.6 Å². The van der Waals surface area contributed by atoms with Crippen LogP contribution in [0.15, 0.2) is 30.6 Å². The average molecular weight is 329 g/mol. The summed E-state index contributed by atoms with van der Waals surface area (Å²) in [6, 6.07) is 8.03. The lowest BCUT2D eigenvalue weighted by Crippen LogP contribution is -2.13. The van der Waals surface area contributed by atoms with Crippen LogP contribution < -0.4 is 0 Å². The number of alkyl halides is 1. The van der Waals surface area contributed by atoms with Gasteiger partial charge in [-0.05, 0) is 30.0 Å². The topological polar surface area (TPSA) is 30.7 Å². The van der Waals surface area contributed by atoms with Gasteiger partial charge in [-0.3, -0.25) is 4.68 Å². The van der Waals surface area contributed by atoms with Crippen LogP contribution in [0.3, 0.4) is 0 Å². The first-order valence-corrected chi connectivity index (χ1v) is 7.32. The summed E-state index contributed by atoms with van der Waals surface area (Å²) in [5.74, 6) is 1.53. The summed E-state index contributed by atoms with van der Waals surface area (Å²) in [7, 11) is 1.93. The predicted octanol–water partition coefficient (Wildman–Crippen LogP) is 3.26. The molecule has 1 atom stereocenters. The summed E-state index contributed by atoms with van der Waals surface area (Å²) in [6.45, 7) is 0. The number of halogens is 2. The molecule has 2 aromatic rings. The van der Waals surface area contributed by atoms with Crippen molar-refractivity contribution in [2.24, 2.45) is 13.0 Å². The van der Waals surface area contributed by atoms with Crippen molar-refractivity contribution in [3.63, 3.8) is 0 Å². The van der Waals surface area contributed by atoms with E-state index in [2.05, 4.69) is 38.1 Å². The lowest BCUT2D eigenvalue weighted by atomic mass is 9.98. The summed E-state index contributed by atoms with van der Waals surface area (Å²) in [6.07, 6.45) is 3.53. The van der Waals surface area contributed by atoms with Gasteiger partial charge in [0.2, 0.25) is 0 Å². The van der Waals surface area contributed by atoms with Gasteiger partial charge in [0, 0.05) is 23.8 Å². The van der Waals surface area contributed by atoms with Crippen LogP contribution in [0.25, 0.3) is 0 Å². The molecule has 0 aliphatic heterocycles. The van der Waals surface area contributed by atoms with Crippen molar-refractivity contribution in [3.05, 3.63) is 47.0 Å². The smallest absolute Gasteiger partial charge is 0.138 e. The van der Waals surface area contributed by atoms with Crippen LogP contribution in [0.1, 0.15) is 11.4 Å². The fourth-order valence-corrected chi connectivity index (χ4v) is 2.48. The number of rotatable bonds is 5. The van der Waals surface area contributed by atoms with Gasteiger partial charge in [0.25, 0.3) is 0 Å². The molecule has 0 spiro atoms. The van der Waals surface area contributed by atoms with E-state index in [1.165, 1.54) is 5.56 Å². The van der Waals surface area contributed by atoms with Gasteiger partial charge in [-0.25, -0.2) is 4.98 Å². The number of hydrogen-bond donors (Lipinski definition) is 0. The molecule has 3 nitrogen and oxygen atoms in total. The van der Waals surface area contributed by atoms with Crippen molar-refractivity contribution in [1.29, 1.82) is 0 Å². The molecule has 0 saturated heterocycles. The molecular weight excluding hydrogens is 314 g/mol. The van der Waals surface area contributed by atoms with Crippen molar-refractivity contribution < 1.29 is 0 Å². The third-order valence-corrected chi connectivity index (χ3v) is 4.10. The monoisotopic (exact) mass is 327 g/mol. The molecule has 0 aliphatic carbocycles. The van der Waals surface area contributed by atoms with E-state index in [0.29, 0.717) is 5.92 Å². The van der Waals surface area contributed by atoms with E-state index in [1.54, 1.807) is 6.33 Å². The minimum atomic E-state index is 0.508. The Balaban J connectivity index is 2.01. The Morgan fingerprint density at radius 1 is 1.28 bits per heavy atom. The molecule has 2 rings (SSSR count). The first kappa shape index (κ1) is 13.6. The highest BCUT2D eigenvalue weighted by atomic mass is 79.9. The summed E-state index contributed by atoms with van der Waals surface area (Å²) >= 11 is 9.46. The van der Waals surface area contributed by atoms with Crippen molar-refractivity contribution in [2.45, 2.75) is 12.8 Å². The number of aromatic nitrogens is 3. The van der Waals surface area contributed by atoms with Crippen LogP contribution in [0, 0.1) is 5.92 Å². The maximum atomic E-state index is 5.89.